The summed E-state index contributed by atoms with van der Waals surface area (Å²) in [5.74, 6) is 6.95. The lowest BCUT2D eigenvalue weighted by atomic mass is 10.2. The molecule has 0 bridgehead atoms. The standard InChI is InChI=1S/C13H17N5/c1-2-18(10-11-6-8-15-9-7-11)13-5-3-4-12(16-13)17-14/h3-9H,2,10,14H2,1H3,(H,16,17). The van der Waals surface area contributed by atoms with Crippen LogP contribution in [0.2, 0.25) is 0 Å². The maximum atomic E-state index is 5.37. The average molecular weight is 243 g/mol. The lowest BCUT2D eigenvalue weighted by Gasteiger charge is -2.22. The van der Waals surface area contributed by atoms with Gasteiger partial charge < -0.3 is 10.3 Å². The van der Waals surface area contributed by atoms with Gasteiger partial charge in [0.15, 0.2) is 0 Å². The molecule has 5 heteroatoms. The van der Waals surface area contributed by atoms with Crippen LogP contribution in [0.15, 0.2) is 42.7 Å². The molecule has 0 radical (unpaired) electrons. The van der Waals surface area contributed by atoms with Crippen LogP contribution in [-0.4, -0.2) is 16.5 Å². The van der Waals surface area contributed by atoms with Crippen molar-refractivity contribution in [2.45, 2.75) is 13.5 Å². The minimum Gasteiger partial charge on any atom is -0.352 e. The van der Waals surface area contributed by atoms with Gasteiger partial charge in [-0.05, 0) is 36.8 Å². The summed E-state index contributed by atoms with van der Waals surface area (Å²) in [5, 5.41) is 0. The zero-order valence-corrected chi connectivity index (χ0v) is 10.4. The zero-order chi connectivity index (χ0) is 12.8. The summed E-state index contributed by atoms with van der Waals surface area (Å²) < 4.78 is 0. The Bertz CT molecular complexity index is 486. The second-order valence-corrected chi connectivity index (χ2v) is 3.90. The third-order valence-corrected chi connectivity index (χ3v) is 2.71. The Kier molecular flexibility index (Phi) is 4.09. The Morgan fingerprint density at radius 3 is 2.67 bits per heavy atom. The van der Waals surface area contributed by atoms with Gasteiger partial charge in [-0.2, -0.15) is 0 Å². The number of rotatable bonds is 5. The molecule has 2 aromatic heterocycles. The maximum Gasteiger partial charge on any atom is 0.142 e. The summed E-state index contributed by atoms with van der Waals surface area (Å²) in [5.41, 5.74) is 3.77. The van der Waals surface area contributed by atoms with E-state index in [9.17, 15) is 0 Å². The van der Waals surface area contributed by atoms with E-state index in [-0.39, 0.29) is 0 Å². The molecular formula is C13H17N5. The van der Waals surface area contributed by atoms with E-state index in [1.807, 2.05) is 30.3 Å². The molecule has 0 spiro atoms. The van der Waals surface area contributed by atoms with E-state index in [2.05, 4.69) is 27.2 Å². The lowest BCUT2D eigenvalue weighted by Crippen LogP contribution is -2.23. The quantitative estimate of drug-likeness (QED) is 0.619. The molecule has 3 N–H and O–H groups in total. The summed E-state index contributed by atoms with van der Waals surface area (Å²) in [7, 11) is 0. The van der Waals surface area contributed by atoms with Gasteiger partial charge in [0.05, 0.1) is 0 Å². The van der Waals surface area contributed by atoms with E-state index >= 15 is 0 Å². The summed E-state index contributed by atoms with van der Waals surface area (Å²) in [6.07, 6.45) is 3.60. The zero-order valence-electron chi connectivity index (χ0n) is 10.4. The number of hydrogen-bond acceptors (Lipinski definition) is 5. The van der Waals surface area contributed by atoms with Gasteiger partial charge in [0.1, 0.15) is 11.6 Å². The molecule has 0 aliphatic rings. The van der Waals surface area contributed by atoms with Gasteiger partial charge in [-0.25, -0.2) is 10.8 Å². The maximum absolute atomic E-state index is 5.37. The number of hydrogen-bond donors (Lipinski definition) is 2. The van der Waals surface area contributed by atoms with Crippen LogP contribution in [0, 0.1) is 0 Å². The molecule has 18 heavy (non-hydrogen) atoms. The third kappa shape index (κ3) is 2.95. The van der Waals surface area contributed by atoms with Crippen molar-refractivity contribution in [2.24, 2.45) is 5.84 Å². The minimum atomic E-state index is 0.667. The molecular weight excluding hydrogens is 226 g/mol. The monoisotopic (exact) mass is 243 g/mol. The van der Waals surface area contributed by atoms with Crippen molar-refractivity contribution in [3.05, 3.63) is 48.3 Å². The highest BCUT2D eigenvalue weighted by Crippen LogP contribution is 2.16. The van der Waals surface area contributed by atoms with E-state index in [4.69, 9.17) is 5.84 Å². The number of nitrogen functional groups attached to an aromatic ring is 1. The van der Waals surface area contributed by atoms with Gasteiger partial charge in [0.25, 0.3) is 0 Å². The smallest absolute Gasteiger partial charge is 0.142 e. The second-order valence-electron chi connectivity index (χ2n) is 3.90. The van der Waals surface area contributed by atoms with Crippen LogP contribution in [-0.2, 0) is 6.54 Å². The molecule has 2 aromatic rings. The number of nitrogens with two attached hydrogens (primary N) is 1. The Morgan fingerprint density at radius 1 is 1.22 bits per heavy atom. The first-order valence-electron chi connectivity index (χ1n) is 5.91. The van der Waals surface area contributed by atoms with Crippen molar-refractivity contribution in [3.63, 3.8) is 0 Å². The fraction of sp³-hybridized carbons (Fsp3) is 0.231. The molecule has 0 unspecified atom stereocenters. The average Bonchev–Trinajstić information content (AvgIpc) is 2.46. The van der Waals surface area contributed by atoms with Gasteiger partial charge in [-0.1, -0.05) is 6.07 Å². The normalized spacial score (nSPS) is 10.1. The van der Waals surface area contributed by atoms with Crippen molar-refractivity contribution >= 4 is 11.6 Å². The Hall–Kier alpha value is -2.14. The first-order chi connectivity index (χ1) is 8.83. The van der Waals surface area contributed by atoms with Gasteiger partial charge in [-0.3, -0.25) is 4.98 Å². The van der Waals surface area contributed by atoms with Crippen molar-refractivity contribution in [3.8, 4) is 0 Å². The molecule has 0 amide bonds. The molecule has 5 nitrogen and oxygen atoms in total. The van der Waals surface area contributed by atoms with Crippen molar-refractivity contribution in [2.75, 3.05) is 16.9 Å². The van der Waals surface area contributed by atoms with E-state index < -0.39 is 0 Å². The van der Waals surface area contributed by atoms with Crippen molar-refractivity contribution < 1.29 is 0 Å². The minimum absolute atomic E-state index is 0.667. The highest BCUT2D eigenvalue weighted by atomic mass is 15.3. The van der Waals surface area contributed by atoms with Crippen LogP contribution < -0.4 is 16.2 Å². The first-order valence-corrected chi connectivity index (χ1v) is 5.91. The van der Waals surface area contributed by atoms with Crippen LogP contribution in [0.1, 0.15) is 12.5 Å². The number of anilines is 2. The molecule has 0 saturated heterocycles. The molecule has 0 atom stereocenters. The van der Waals surface area contributed by atoms with Gasteiger partial charge in [0.2, 0.25) is 0 Å². The van der Waals surface area contributed by atoms with Crippen LogP contribution in [0.4, 0.5) is 11.6 Å². The molecule has 0 aromatic carbocycles. The van der Waals surface area contributed by atoms with Crippen LogP contribution in [0.3, 0.4) is 0 Å². The van der Waals surface area contributed by atoms with Gasteiger partial charge in [-0.15, -0.1) is 0 Å². The SMILES string of the molecule is CCN(Cc1ccncc1)c1cccc(NN)n1. The molecule has 2 rings (SSSR count). The number of nitrogens with zero attached hydrogens (tertiary/aromatic N) is 3. The molecule has 0 aliphatic carbocycles. The number of aromatic nitrogens is 2. The molecule has 94 valence electrons. The lowest BCUT2D eigenvalue weighted by molar-refractivity contribution is 0.813. The predicted octanol–water partition coefficient (Wildman–Crippen LogP) is 1.79. The number of pyridine rings is 2. The fourth-order valence-corrected chi connectivity index (χ4v) is 1.74. The van der Waals surface area contributed by atoms with E-state index in [1.165, 1.54) is 5.56 Å². The van der Waals surface area contributed by atoms with E-state index in [0.717, 1.165) is 18.9 Å². The van der Waals surface area contributed by atoms with Crippen LogP contribution in [0.5, 0.6) is 0 Å². The fourth-order valence-electron chi connectivity index (χ4n) is 1.74. The molecule has 0 fully saturated rings. The van der Waals surface area contributed by atoms with Crippen molar-refractivity contribution in [1.29, 1.82) is 0 Å². The Labute approximate surface area is 107 Å². The van der Waals surface area contributed by atoms with E-state index in [1.54, 1.807) is 12.4 Å². The summed E-state index contributed by atoms with van der Waals surface area (Å²) in [4.78, 5) is 10.6. The summed E-state index contributed by atoms with van der Waals surface area (Å²) in [6.45, 7) is 3.79. The molecule has 0 aliphatic heterocycles. The number of hydrazine groups is 1. The Balaban J connectivity index is 2.17. The second kappa shape index (κ2) is 5.97. The number of nitrogens with one attached hydrogen (secondary N) is 1. The summed E-state index contributed by atoms with van der Waals surface area (Å²) >= 11 is 0. The van der Waals surface area contributed by atoms with Crippen LogP contribution in [0.25, 0.3) is 0 Å². The highest BCUT2D eigenvalue weighted by Gasteiger charge is 2.07. The molecule has 0 saturated carbocycles. The largest absolute Gasteiger partial charge is 0.352 e. The topological polar surface area (TPSA) is 67.1 Å². The first kappa shape index (κ1) is 12.3. The molecule has 2 heterocycles. The van der Waals surface area contributed by atoms with Gasteiger partial charge >= 0.3 is 0 Å². The Morgan fingerprint density at radius 2 is 2.00 bits per heavy atom. The third-order valence-electron chi connectivity index (χ3n) is 2.71. The highest BCUT2D eigenvalue weighted by molar-refractivity contribution is 5.46. The predicted molar refractivity (Wildman–Crippen MR) is 73.0 cm³/mol. The van der Waals surface area contributed by atoms with E-state index in [0.29, 0.717) is 5.82 Å². The van der Waals surface area contributed by atoms with Gasteiger partial charge in [0, 0.05) is 25.5 Å². The van der Waals surface area contributed by atoms with Crippen molar-refractivity contribution in [1.82, 2.24) is 9.97 Å². The summed E-state index contributed by atoms with van der Waals surface area (Å²) in [6, 6.07) is 9.77. The van der Waals surface area contributed by atoms with Crippen LogP contribution >= 0.6 is 0 Å².